The van der Waals surface area contributed by atoms with Crippen LogP contribution in [0.1, 0.15) is 38.7 Å². The molecule has 1 aliphatic rings. The van der Waals surface area contributed by atoms with E-state index in [1.54, 1.807) is 4.90 Å². The van der Waals surface area contributed by atoms with E-state index in [9.17, 15) is 9.59 Å². The summed E-state index contributed by atoms with van der Waals surface area (Å²) in [6.45, 7) is 5.50. The quantitative estimate of drug-likeness (QED) is 0.726. The lowest BCUT2D eigenvalue weighted by molar-refractivity contribution is -0.131. The van der Waals surface area contributed by atoms with Crippen LogP contribution in [0.2, 0.25) is 0 Å². The van der Waals surface area contributed by atoms with E-state index in [4.69, 9.17) is 4.99 Å². The summed E-state index contributed by atoms with van der Waals surface area (Å²) in [5.74, 6) is -0.130. The normalized spacial score (nSPS) is 13.6. The van der Waals surface area contributed by atoms with Crippen LogP contribution in [0.4, 0.5) is 11.4 Å². The van der Waals surface area contributed by atoms with Crippen molar-refractivity contribution in [2.24, 2.45) is 4.99 Å². The Morgan fingerprint density at radius 2 is 1.79 bits per heavy atom. The van der Waals surface area contributed by atoms with Crippen molar-refractivity contribution in [3.63, 3.8) is 0 Å². The molecule has 146 valence electrons. The number of aliphatic imine (C=N–C) groups is 1. The van der Waals surface area contributed by atoms with Crippen molar-refractivity contribution in [3.8, 4) is 0 Å². The zero-order chi connectivity index (χ0) is 19.9. The number of para-hydroxylation sites is 2. The lowest BCUT2D eigenvalue weighted by Gasteiger charge is -2.26. The standard InChI is InChI=1S/C23H27N3O2/c1-3-5-15-25(4-2)23(28)17-26-21-14-10-9-13-19(21)24-20(16-22(26)27)18-11-7-6-8-12-18/h6-14H,3-5,15-17H2,1-2H3. The van der Waals surface area contributed by atoms with E-state index >= 15 is 0 Å². The molecule has 0 aromatic heterocycles. The second kappa shape index (κ2) is 9.31. The monoisotopic (exact) mass is 377 g/mol. The summed E-state index contributed by atoms with van der Waals surface area (Å²) in [6, 6.07) is 17.3. The van der Waals surface area contributed by atoms with Crippen LogP contribution in [0, 0.1) is 0 Å². The Kier molecular flexibility index (Phi) is 6.58. The fourth-order valence-electron chi connectivity index (χ4n) is 3.36. The molecule has 0 atom stereocenters. The van der Waals surface area contributed by atoms with Gasteiger partial charge in [-0.25, -0.2) is 0 Å². The summed E-state index contributed by atoms with van der Waals surface area (Å²) in [7, 11) is 0. The van der Waals surface area contributed by atoms with Gasteiger partial charge in [0.2, 0.25) is 11.8 Å². The summed E-state index contributed by atoms with van der Waals surface area (Å²) < 4.78 is 0. The second-order valence-electron chi connectivity index (χ2n) is 6.90. The molecule has 0 saturated carbocycles. The molecule has 1 heterocycles. The molecular formula is C23H27N3O2. The highest BCUT2D eigenvalue weighted by Crippen LogP contribution is 2.32. The highest BCUT2D eigenvalue weighted by molar-refractivity contribution is 6.18. The molecular weight excluding hydrogens is 350 g/mol. The first kappa shape index (κ1) is 19.8. The number of anilines is 1. The number of hydrogen-bond acceptors (Lipinski definition) is 3. The molecule has 3 rings (SSSR count). The Morgan fingerprint density at radius 1 is 1.07 bits per heavy atom. The highest BCUT2D eigenvalue weighted by atomic mass is 16.2. The van der Waals surface area contributed by atoms with E-state index in [0.717, 1.165) is 36.3 Å². The first-order chi connectivity index (χ1) is 13.6. The minimum atomic E-state index is -0.104. The van der Waals surface area contributed by atoms with E-state index in [1.165, 1.54) is 0 Å². The molecule has 1 aliphatic heterocycles. The van der Waals surface area contributed by atoms with Crippen LogP contribution in [0.15, 0.2) is 59.6 Å². The first-order valence-corrected chi connectivity index (χ1v) is 9.94. The number of likely N-dealkylation sites (N-methyl/N-ethyl adjacent to an activating group) is 1. The number of carbonyl (C=O) groups is 2. The third-order valence-electron chi connectivity index (χ3n) is 4.96. The minimum Gasteiger partial charge on any atom is -0.341 e. The third kappa shape index (κ3) is 4.47. The van der Waals surface area contributed by atoms with Gasteiger partial charge in [0.05, 0.1) is 23.5 Å². The first-order valence-electron chi connectivity index (χ1n) is 9.94. The van der Waals surface area contributed by atoms with Gasteiger partial charge in [0.25, 0.3) is 0 Å². The number of nitrogens with zero attached hydrogens (tertiary/aromatic N) is 3. The molecule has 0 saturated heterocycles. The number of hydrogen-bond donors (Lipinski definition) is 0. The average molecular weight is 377 g/mol. The second-order valence-corrected chi connectivity index (χ2v) is 6.90. The molecule has 28 heavy (non-hydrogen) atoms. The van der Waals surface area contributed by atoms with Gasteiger partial charge < -0.3 is 9.80 Å². The predicted molar refractivity (Wildman–Crippen MR) is 113 cm³/mol. The molecule has 0 bridgehead atoms. The summed E-state index contributed by atoms with van der Waals surface area (Å²) in [5, 5.41) is 0. The molecule has 5 nitrogen and oxygen atoms in total. The lowest BCUT2D eigenvalue weighted by Crippen LogP contribution is -2.43. The molecule has 5 heteroatoms. The number of rotatable bonds is 7. The molecule has 0 aliphatic carbocycles. The van der Waals surface area contributed by atoms with Crippen molar-refractivity contribution in [3.05, 3.63) is 60.2 Å². The van der Waals surface area contributed by atoms with Gasteiger partial charge >= 0.3 is 0 Å². The van der Waals surface area contributed by atoms with Gasteiger partial charge in [-0.1, -0.05) is 55.8 Å². The van der Waals surface area contributed by atoms with E-state index < -0.39 is 0 Å². The molecule has 0 N–H and O–H groups in total. The zero-order valence-electron chi connectivity index (χ0n) is 16.6. The van der Waals surface area contributed by atoms with E-state index in [0.29, 0.717) is 12.2 Å². The van der Waals surface area contributed by atoms with Gasteiger partial charge in [-0.15, -0.1) is 0 Å². The molecule has 2 amide bonds. The molecule has 0 radical (unpaired) electrons. The summed E-state index contributed by atoms with van der Waals surface area (Å²) in [4.78, 5) is 34.1. The van der Waals surface area contributed by atoms with Crippen LogP contribution in [0.25, 0.3) is 0 Å². The Balaban J connectivity index is 1.89. The van der Waals surface area contributed by atoms with Gasteiger partial charge in [0.15, 0.2) is 0 Å². The van der Waals surface area contributed by atoms with Gasteiger partial charge in [-0.05, 0) is 31.0 Å². The number of unbranched alkanes of at least 4 members (excludes halogenated alkanes) is 1. The van der Waals surface area contributed by atoms with Gasteiger partial charge in [-0.3, -0.25) is 14.6 Å². The number of carbonyl (C=O) groups excluding carboxylic acids is 2. The molecule has 0 spiro atoms. The number of fused-ring (bicyclic) bond motifs is 1. The SMILES string of the molecule is CCCCN(CC)C(=O)CN1C(=O)CC(c2ccccc2)=Nc2ccccc21. The lowest BCUT2D eigenvalue weighted by atomic mass is 10.1. The maximum Gasteiger partial charge on any atom is 0.242 e. The molecule has 0 unspecified atom stereocenters. The van der Waals surface area contributed by atoms with Crippen LogP contribution in [-0.4, -0.2) is 42.1 Å². The maximum absolute atomic E-state index is 13.1. The van der Waals surface area contributed by atoms with E-state index in [-0.39, 0.29) is 24.8 Å². The predicted octanol–water partition coefficient (Wildman–Crippen LogP) is 4.19. The van der Waals surface area contributed by atoms with Crippen LogP contribution in [0.3, 0.4) is 0 Å². The Bertz CT molecular complexity index is 861. The van der Waals surface area contributed by atoms with Gasteiger partial charge in [0.1, 0.15) is 6.54 Å². The molecule has 2 aromatic rings. The average Bonchev–Trinajstić information content (AvgIpc) is 2.86. The van der Waals surface area contributed by atoms with Crippen molar-refractivity contribution in [1.82, 2.24) is 4.90 Å². The maximum atomic E-state index is 13.1. The van der Waals surface area contributed by atoms with Crippen molar-refractivity contribution >= 4 is 28.9 Å². The van der Waals surface area contributed by atoms with Crippen LogP contribution < -0.4 is 4.90 Å². The third-order valence-corrected chi connectivity index (χ3v) is 4.96. The Morgan fingerprint density at radius 3 is 2.50 bits per heavy atom. The fraction of sp³-hybridized carbons (Fsp3) is 0.348. The largest absolute Gasteiger partial charge is 0.341 e. The summed E-state index contributed by atoms with van der Waals surface area (Å²) in [6.07, 6.45) is 2.17. The zero-order valence-corrected chi connectivity index (χ0v) is 16.6. The number of benzene rings is 2. The van der Waals surface area contributed by atoms with Crippen molar-refractivity contribution in [2.75, 3.05) is 24.5 Å². The summed E-state index contributed by atoms with van der Waals surface area (Å²) >= 11 is 0. The van der Waals surface area contributed by atoms with Crippen LogP contribution >= 0.6 is 0 Å². The van der Waals surface area contributed by atoms with E-state index in [2.05, 4.69) is 6.92 Å². The summed E-state index contributed by atoms with van der Waals surface area (Å²) in [5.41, 5.74) is 3.07. The van der Waals surface area contributed by atoms with Crippen molar-refractivity contribution < 1.29 is 9.59 Å². The van der Waals surface area contributed by atoms with Crippen LogP contribution in [-0.2, 0) is 9.59 Å². The van der Waals surface area contributed by atoms with Crippen molar-refractivity contribution in [1.29, 1.82) is 0 Å². The topological polar surface area (TPSA) is 53.0 Å². The highest BCUT2D eigenvalue weighted by Gasteiger charge is 2.27. The Hall–Kier alpha value is -2.95. The van der Waals surface area contributed by atoms with E-state index in [1.807, 2.05) is 66.4 Å². The van der Waals surface area contributed by atoms with Gasteiger partial charge in [0, 0.05) is 13.1 Å². The minimum absolute atomic E-state index is 0.0257. The van der Waals surface area contributed by atoms with Gasteiger partial charge in [-0.2, -0.15) is 0 Å². The molecule has 2 aromatic carbocycles. The smallest absolute Gasteiger partial charge is 0.242 e. The Labute approximate surface area is 166 Å². The number of amides is 2. The fourth-order valence-corrected chi connectivity index (χ4v) is 3.36. The van der Waals surface area contributed by atoms with Crippen LogP contribution in [0.5, 0.6) is 0 Å². The molecule has 0 fully saturated rings. The van der Waals surface area contributed by atoms with Crippen molar-refractivity contribution in [2.45, 2.75) is 33.1 Å².